The third-order valence-corrected chi connectivity index (χ3v) is 5.14. The molecule has 8 heteroatoms. The summed E-state index contributed by atoms with van der Waals surface area (Å²) in [6.45, 7) is 0. The maximum absolute atomic E-state index is 11.5. The van der Waals surface area contributed by atoms with Crippen molar-refractivity contribution < 1.29 is 13.7 Å². The van der Waals surface area contributed by atoms with Crippen LogP contribution in [0, 0.1) is 0 Å². The number of anilines is 2. The fourth-order valence-electron chi connectivity index (χ4n) is 3.60. The summed E-state index contributed by atoms with van der Waals surface area (Å²) in [5, 5.41) is 6.97. The largest absolute Gasteiger partial charge is 0.423 e. The molecule has 1 aliphatic rings. The molecule has 0 aliphatic carbocycles. The number of benzene rings is 2. The third kappa shape index (κ3) is 3.52. The number of carbonyl (C=O) groups is 1. The second-order valence-electron chi connectivity index (χ2n) is 7.66. The molecule has 2 aromatic carbocycles. The van der Waals surface area contributed by atoms with Gasteiger partial charge in [0.15, 0.2) is 5.58 Å². The zero-order valence-electron chi connectivity index (χ0n) is 16.8. The molecule has 0 atom stereocenters. The molecule has 4 aromatic rings. The van der Waals surface area contributed by atoms with Gasteiger partial charge in [-0.2, -0.15) is 9.97 Å². The molecule has 3 heterocycles. The van der Waals surface area contributed by atoms with Crippen LogP contribution >= 0.6 is 0 Å². The van der Waals surface area contributed by atoms with Gasteiger partial charge in [0.1, 0.15) is 5.52 Å². The number of aryl methyl sites for hydroxylation is 2. The number of nitrogens with zero attached hydrogens (tertiary/aromatic N) is 4. The van der Waals surface area contributed by atoms with E-state index in [1.165, 1.54) is 5.56 Å². The van der Waals surface area contributed by atoms with Gasteiger partial charge >= 0.3 is 0 Å². The normalized spacial score (nSPS) is 12.9. The minimum atomic E-state index is 0.0577. The fraction of sp³-hybridized carbons (Fsp3) is 0.273. The predicted octanol–water partition coefficient (Wildman–Crippen LogP) is 3.61. The van der Waals surface area contributed by atoms with Crippen molar-refractivity contribution in [1.29, 1.82) is 0 Å². The quantitative estimate of drug-likeness (QED) is 0.525. The van der Waals surface area contributed by atoms with Crippen LogP contribution in [-0.4, -0.2) is 35.1 Å². The Kier molecular flexibility index (Phi) is 4.46. The van der Waals surface area contributed by atoms with Gasteiger partial charge < -0.3 is 19.2 Å². The van der Waals surface area contributed by atoms with Crippen molar-refractivity contribution in [3.63, 3.8) is 0 Å². The molecule has 8 nitrogen and oxygen atoms in total. The molecule has 2 aromatic heterocycles. The summed E-state index contributed by atoms with van der Waals surface area (Å²) in [4.78, 5) is 22.3. The molecule has 1 N–H and O–H groups in total. The first-order valence-corrected chi connectivity index (χ1v) is 9.88. The van der Waals surface area contributed by atoms with Gasteiger partial charge in [-0.15, -0.1) is 0 Å². The van der Waals surface area contributed by atoms with Gasteiger partial charge in [-0.3, -0.25) is 4.79 Å². The van der Waals surface area contributed by atoms with Crippen LogP contribution in [0.1, 0.15) is 23.4 Å². The molecule has 0 saturated heterocycles. The monoisotopic (exact) mass is 403 g/mol. The van der Waals surface area contributed by atoms with Crippen LogP contribution in [0.15, 0.2) is 45.3 Å². The van der Waals surface area contributed by atoms with Crippen molar-refractivity contribution in [2.45, 2.75) is 25.7 Å². The van der Waals surface area contributed by atoms with Crippen LogP contribution < -0.4 is 10.2 Å². The molecular formula is C22H21N5O3. The average molecular weight is 403 g/mol. The fourth-order valence-corrected chi connectivity index (χ4v) is 3.60. The van der Waals surface area contributed by atoms with Crippen LogP contribution in [0.3, 0.4) is 0 Å². The van der Waals surface area contributed by atoms with Gasteiger partial charge in [0.25, 0.3) is 6.01 Å². The highest BCUT2D eigenvalue weighted by Gasteiger charge is 2.17. The lowest BCUT2D eigenvalue weighted by Crippen LogP contribution is -2.08. The molecule has 0 radical (unpaired) electrons. The summed E-state index contributed by atoms with van der Waals surface area (Å²) in [6, 6.07) is 12.4. The summed E-state index contributed by atoms with van der Waals surface area (Å²) in [7, 11) is 3.77. The third-order valence-electron chi connectivity index (χ3n) is 5.14. The molecule has 0 fully saturated rings. The van der Waals surface area contributed by atoms with E-state index < -0.39 is 0 Å². The van der Waals surface area contributed by atoms with Crippen LogP contribution in [0.25, 0.3) is 22.5 Å². The number of oxazole rings is 1. The first-order valence-electron chi connectivity index (χ1n) is 9.88. The highest BCUT2D eigenvalue weighted by molar-refractivity contribution is 5.99. The molecule has 0 unspecified atom stereocenters. The highest BCUT2D eigenvalue weighted by Crippen LogP contribution is 2.26. The second-order valence-corrected chi connectivity index (χ2v) is 7.66. The number of nitrogens with one attached hydrogen (secondary N) is 1. The van der Waals surface area contributed by atoms with Crippen molar-refractivity contribution >= 4 is 28.7 Å². The number of amides is 1. The minimum absolute atomic E-state index is 0.0577. The molecule has 0 spiro atoms. The zero-order chi connectivity index (χ0) is 20.7. The summed E-state index contributed by atoms with van der Waals surface area (Å²) in [5.41, 5.74) is 5.51. The molecule has 0 saturated carbocycles. The Morgan fingerprint density at radius 1 is 1.10 bits per heavy atom. The summed E-state index contributed by atoms with van der Waals surface area (Å²) in [5.74, 6) is 1.21. The average Bonchev–Trinajstić information content (AvgIpc) is 3.44. The Hall–Kier alpha value is -3.68. The molecular weight excluding hydrogens is 382 g/mol. The topological polar surface area (TPSA) is 97.3 Å². The van der Waals surface area contributed by atoms with Crippen molar-refractivity contribution in [3.05, 3.63) is 53.4 Å². The van der Waals surface area contributed by atoms with E-state index in [1.54, 1.807) is 0 Å². The standard InChI is InChI=1S/C22H21N5O3/c1-27(2)22-24-17-11-14(7-9-18(17)29-22)21-25-20(30-26-21)5-3-4-13-6-8-16-15(10-13)12-19(28)23-16/h6-11H,3-5,12H2,1-2H3,(H,23,28). The molecule has 1 amide bonds. The van der Waals surface area contributed by atoms with E-state index >= 15 is 0 Å². The van der Waals surface area contributed by atoms with Crippen molar-refractivity contribution in [2.75, 3.05) is 24.3 Å². The zero-order valence-corrected chi connectivity index (χ0v) is 16.8. The van der Waals surface area contributed by atoms with Crippen LogP contribution in [-0.2, 0) is 24.1 Å². The molecule has 1 aliphatic heterocycles. The first-order chi connectivity index (χ1) is 14.5. The number of carbonyl (C=O) groups excluding carboxylic acids is 1. The van der Waals surface area contributed by atoms with Crippen LogP contribution in [0.4, 0.5) is 11.7 Å². The van der Waals surface area contributed by atoms with Gasteiger partial charge in [-0.25, -0.2) is 0 Å². The Morgan fingerprint density at radius 2 is 2.00 bits per heavy atom. The number of hydrogen-bond donors (Lipinski definition) is 1. The van der Waals surface area contributed by atoms with E-state index in [4.69, 9.17) is 8.94 Å². The maximum atomic E-state index is 11.5. The Morgan fingerprint density at radius 3 is 2.87 bits per heavy atom. The van der Waals surface area contributed by atoms with E-state index in [-0.39, 0.29) is 5.91 Å². The Labute approximate surface area is 172 Å². The smallest absolute Gasteiger partial charge is 0.297 e. The molecule has 0 bridgehead atoms. The number of rotatable bonds is 6. The van der Waals surface area contributed by atoms with E-state index in [0.717, 1.165) is 40.8 Å². The Balaban J connectivity index is 1.24. The van der Waals surface area contributed by atoms with Gasteiger partial charge in [0, 0.05) is 31.8 Å². The van der Waals surface area contributed by atoms with E-state index in [9.17, 15) is 4.79 Å². The molecule has 30 heavy (non-hydrogen) atoms. The van der Waals surface area contributed by atoms with E-state index in [0.29, 0.717) is 30.6 Å². The lowest BCUT2D eigenvalue weighted by molar-refractivity contribution is -0.115. The van der Waals surface area contributed by atoms with Gasteiger partial charge in [0.05, 0.1) is 6.42 Å². The highest BCUT2D eigenvalue weighted by atomic mass is 16.5. The minimum Gasteiger partial charge on any atom is -0.423 e. The lowest BCUT2D eigenvalue weighted by Gasteiger charge is -2.03. The van der Waals surface area contributed by atoms with Crippen molar-refractivity contribution in [1.82, 2.24) is 15.1 Å². The lowest BCUT2D eigenvalue weighted by atomic mass is 10.0. The summed E-state index contributed by atoms with van der Waals surface area (Å²) in [6.07, 6.45) is 2.92. The van der Waals surface area contributed by atoms with E-state index in [1.807, 2.05) is 43.3 Å². The number of aromatic nitrogens is 3. The molecule has 5 rings (SSSR count). The number of fused-ring (bicyclic) bond motifs is 2. The SMILES string of the molecule is CN(C)c1nc2cc(-c3noc(CCCc4ccc5c(c4)CC(=O)N5)n3)ccc2o1. The maximum Gasteiger partial charge on any atom is 0.297 e. The van der Waals surface area contributed by atoms with Crippen molar-refractivity contribution in [2.24, 2.45) is 0 Å². The van der Waals surface area contributed by atoms with Gasteiger partial charge in [-0.05, 0) is 48.2 Å². The van der Waals surface area contributed by atoms with Gasteiger partial charge in [0.2, 0.25) is 17.6 Å². The predicted molar refractivity (Wildman–Crippen MR) is 112 cm³/mol. The van der Waals surface area contributed by atoms with Gasteiger partial charge in [-0.1, -0.05) is 17.3 Å². The summed E-state index contributed by atoms with van der Waals surface area (Å²) >= 11 is 0. The Bertz CT molecular complexity index is 1240. The summed E-state index contributed by atoms with van der Waals surface area (Å²) < 4.78 is 11.1. The van der Waals surface area contributed by atoms with Crippen LogP contribution in [0.2, 0.25) is 0 Å². The number of hydrogen-bond acceptors (Lipinski definition) is 7. The van der Waals surface area contributed by atoms with E-state index in [2.05, 4.69) is 32.6 Å². The van der Waals surface area contributed by atoms with Crippen LogP contribution in [0.5, 0.6) is 0 Å². The van der Waals surface area contributed by atoms with Crippen molar-refractivity contribution in [3.8, 4) is 11.4 Å². The second kappa shape index (κ2) is 7.29. The first kappa shape index (κ1) is 18.4. The molecule has 152 valence electrons.